The molecular formula is C25H18ClNO5S. The molecule has 2 amide bonds. The Morgan fingerprint density at radius 2 is 1.58 bits per heavy atom. The van der Waals surface area contributed by atoms with Crippen molar-refractivity contribution in [2.75, 3.05) is 13.2 Å². The van der Waals surface area contributed by atoms with Gasteiger partial charge >= 0.3 is 5.97 Å². The van der Waals surface area contributed by atoms with Crippen LogP contribution in [0.4, 0.5) is 4.79 Å². The topological polar surface area (TPSA) is 72.9 Å². The van der Waals surface area contributed by atoms with Crippen molar-refractivity contribution >= 4 is 46.6 Å². The molecule has 8 heteroatoms. The van der Waals surface area contributed by atoms with Gasteiger partial charge in [0.25, 0.3) is 11.1 Å². The van der Waals surface area contributed by atoms with Crippen LogP contribution in [0, 0.1) is 0 Å². The van der Waals surface area contributed by atoms with Gasteiger partial charge in [0.2, 0.25) is 0 Å². The van der Waals surface area contributed by atoms with Crippen LogP contribution in [0.1, 0.15) is 15.9 Å². The van der Waals surface area contributed by atoms with Crippen LogP contribution >= 0.6 is 23.4 Å². The van der Waals surface area contributed by atoms with E-state index in [1.807, 2.05) is 6.07 Å². The van der Waals surface area contributed by atoms with E-state index in [0.29, 0.717) is 32.6 Å². The van der Waals surface area contributed by atoms with E-state index >= 15 is 0 Å². The monoisotopic (exact) mass is 479 g/mol. The molecule has 1 heterocycles. The number of imide groups is 1. The zero-order valence-electron chi connectivity index (χ0n) is 17.3. The van der Waals surface area contributed by atoms with E-state index in [4.69, 9.17) is 21.1 Å². The molecule has 0 atom stereocenters. The number of carbonyl (C=O) groups is 3. The number of benzene rings is 3. The first-order valence-corrected chi connectivity index (χ1v) is 11.2. The molecule has 1 aliphatic rings. The summed E-state index contributed by atoms with van der Waals surface area (Å²) in [6.45, 7) is 0.313. The summed E-state index contributed by atoms with van der Waals surface area (Å²) in [4.78, 5) is 38.5. The number of hydrogen-bond donors (Lipinski definition) is 0. The summed E-state index contributed by atoms with van der Waals surface area (Å²) in [5, 5.41) is 0.250. The van der Waals surface area contributed by atoms with Crippen molar-refractivity contribution in [1.82, 2.24) is 4.90 Å². The molecule has 0 aromatic heterocycles. The number of amides is 2. The van der Waals surface area contributed by atoms with Crippen molar-refractivity contribution in [2.45, 2.75) is 0 Å². The van der Waals surface area contributed by atoms with Crippen LogP contribution in [0.25, 0.3) is 6.08 Å². The summed E-state index contributed by atoms with van der Waals surface area (Å²) < 4.78 is 10.9. The number of rotatable bonds is 7. The summed E-state index contributed by atoms with van der Waals surface area (Å²) in [5.74, 6) is 0.165. The summed E-state index contributed by atoms with van der Waals surface area (Å²) in [5.41, 5.74) is 1.16. The summed E-state index contributed by atoms with van der Waals surface area (Å²) in [7, 11) is 0. The van der Waals surface area contributed by atoms with Crippen molar-refractivity contribution < 1.29 is 23.9 Å². The van der Waals surface area contributed by atoms with Crippen molar-refractivity contribution in [2.24, 2.45) is 0 Å². The zero-order chi connectivity index (χ0) is 23.2. The van der Waals surface area contributed by atoms with Gasteiger partial charge in [-0.25, -0.2) is 4.79 Å². The maximum atomic E-state index is 12.7. The molecule has 1 fully saturated rings. The minimum absolute atomic E-state index is 0.138. The van der Waals surface area contributed by atoms with Gasteiger partial charge in [0.05, 0.1) is 17.0 Å². The van der Waals surface area contributed by atoms with Gasteiger partial charge < -0.3 is 9.47 Å². The van der Waals surface area contributed by atoms with E-state index in [9.17, 15) is 14.4 Å². The van der Waals surface area contributed by atoms with Crippen molar-refractivity contribution in [3.63, 3.8) is 0 Å². The lowest BCUT2D eigenvalue weighted by atomic mass is 10.2. The number of hydrogen-bond acceptors (Lipinski definition) is 6. The molecule has 0 radical (unpaired) electrons. The lowest BCUT2D eigenvalue weighted by Crippen LogP contribution is -2.32. The van der Waals surface area contributed by atoms with Crippen LogP contribution in [0.15, 0.2) is 83.8 Å². The Morgan fingerprint density at radius 3 is 2.27 bits per heavy atom. The third kappa shape index (κ3) is 5.83. The molecule has 0 bridgehead atoms. The minimum Gasteiger partial charge on any atom is -0.492 e. The number of esters is 1. The molecule has 1 saturated heterocycles. The Bertz CT molecular complexity index is 1190. The normalized spacial score (nSPS) is 14.6. The van der Waals surface area contributed by atoms with Gasteiger partial charge in [-0.05, 0) is 71.9 Å². The number of carbonyl (C=O) groups excluding carboxylic acids is 3. The van der Waals surface area contributed by atoms with Crippen molar-refractivity contribution in [3.8, 4) is 11.5 Å². The van der Waals surface area contributed by atoms with E-state index in [0.717, 1.165) is 16.7 Å². The fraction of sp³-hybridized carbons (Fsp3) is 0.0800. The Morgan fingerprint density at radius 1 is 0.909 bits per heavy atom. The Balaban J connectivity index is 1.34. The molecule has 0 spiro atoms. The molecule has 0 aliphatic carbocycles. The zero-order valence-corrected chi connectivity index (χ0v) is 18.8. The minimum atomic E-state index is -0.453. The second-order valence-corrected chi connectivity index (χ2v) is 8.39. The van der Waals surface area contributed by atoms with Crippen LogP contribution in [-0.4, -0.2) is 35.2 Å². The summed E-state index contributed by atoms with van der Waals surface area (Å²) in [6, 6.07) is 22.2. The van der Waals surface area contributed by atoms with Crippen LogP contribution in [0.2, 0.25) is 5.02 Å². The fourth-order valence-corrected chi connectivity index (χ4v) is 3.99. The third-order valence-electron chi connectivity index (χ3n) is 4.67. The maximum absolute atomic E-state index is 12.7. The average molecular weight is 480 g/mol. The molecule has 3 aromatic carbocycles. The summed E-state index contributed by atoms with van der Waals surface area (Å²) >= 11 is 6.72. The van der Waals surface area contributed by atoms with Gasteiger partial charge in [0.15, 0.2) is 0 Å². The van der Waals surface area contributed by atoms with Crippen LogP contribution in [-0.2, 0) is 4.79 Å². The fourth-order valence-electron chi connectivity index (χ4n) is 3.00. The van der Waals surface area contributed by atoms with E-state index in [2.05, 4.69) is 0 Å². The second kappa shape index (κ2) is 10.4. The Labute approximate surface area is 199 Å². The van der Waals surface area contributed by atoms with Gasteiger partial charge in [-0.1, -0.05) is 41.9 Å². The molecule has 166 valence electrons. The van der Waals surface area contributed by atoms with Crippen LogP contribution < -0.4 is 9.47 Å². The van der Waals surface area contributed by atoms with E-state index in [-0.39, 0.29) is 24.3 Å². The highest BCUT2D eigenvalue weighted by molar-refractivity contribution is 8.18. The number of thioether (sulfide) groups is 1. The molecule has 1 aliphatic heterocycles. The number of nitrogens with zero attached hydrogens (tertiary/aromatic N) is 1. The van der Waals surface area contributed by atoms with Crippen molar-refractivity contribution in [3.05, 3.63) is 99.9 Å². The SMILES string of the molecule is O=C(Oc1ccc(/C=C2\SC(=O)N(CCOc3ccc(Cl)cc3)C2=O)cc1)c1ccccc1. The van der Waals surface area contributed by atoms with Gasteiger partial charge in [-0.3, -0.25) is 14.5 Å². The maximum Gasteiger partial charge on any atom is 0.343 e. The van der Waals surface area contributed by atoms with Gasteiger partial charge in [0, 0.05) is 5.02 Å². The predicted octanol–water partition coefficient (Wildman–Crippen LogP) is 5.67. The molecule has 4 rings (SSSR count). The largest absolute Gasteiger partial charge is 0.492 e. The second-order valence-electron chi connectivity index (χ2n) is 6.96. The van der Waals surface area contributed by atoms with Crippen LogP contribution in [0.5, 0.6) is 11.5 Å². The molecule has 0 unspecified atom stereocenters. The lowest BCUT2D eigenvalue weighted by Gasteiger charge is -2.13. The highest BCUT2D eigenvalue weighted by Crippen LogP contribution is 2.32. The average Bonchev–Trinajstić information content (AvgIpc) is 3.09. The smallest absolute Gasteiger partial charge is 0.343 e. The highest BCUT2D eigenvalue weighted by atomic mass is 35.5. The molecule has 3 aromatic rings. The lowest BCUT2D eigenvalue weighted by molar-refractivity contribution is -0.123. The van der Waals surface area contributed by atoms with E-state index in [1.165, 1.54) is 0 Å². The molecule has 0 N–H and O–H groups in total. The Kier molecular flexibility index (Phi) is 7.12. The van der Waals surface area contributed by atoms with Gasteiger partial charge in [-0.2, -0.15) is 0 Å². The number of ether oxygens (including phenoxy) is 2. The standard InChI is InChI=1S/C25H18ClNO5S/c26-19-8-12-20(13-9-19)31-15-14-27-23(28)22(33-25(27)30)16-17-6-10-21(11-7-17)32-24(29)18-4-2-1-3-5-18/h1-13,16H,14-15H2/b22-16-. The molecule has 0 saturated carbocycles. The quantitative estimate of drug-likeness (QED) is 0.247. The van der Waals surface area contributed by atoms with Gasteiger partial charge in [0.1, 0.15) is 18.1 Å². The third-order valence-corrected chi connectivity index (χ3v) is 5.83. The highest BCUT2D eigenvalue weighted by Gasteiger charge is 2.34. The Hall–Kier alpha value is -3.55. The molecular weight excluding hydrogens is 462 g/mol. The molecule has 33 heavy (non-hydrogen) atoms. The van der Waals surface area contributed by atoms with Crippen molar-refractivity contribution in [1.29, 1.82) is 0 Å². The van der Waals surface area contributed by atoms with E-state index < -0.39 is 5.97 Å². The molecule has 6 nitrogen and oxygen atoms in total. The first kappa shape index (κ1) is 22.6. The van der Waals surface area contributed by atoms with E-state index in [1.54, 1.807) is 78.9 Å². The predicted molar refractivity (Wildman–Crippen MR) is 127 cm³/mol. The van der Waals surface area contributed by atoms with Crippen LogP contribution in [0.3, 0.4) is 0 Å². The number of halogens is 1. The first-order valence-electron chi connectivity index (χ1n) is 10.0. The van der Waals surface area contributed by atoms with Gasteiger partial charge in [-0.15, -0.1) is 0 Å². The first-order chi connectivity index (χ1) is 16.0. The summed E-state index contributed by atoms with van der Waals surface area (Å²) in [6.07, 6.45) is 1.63.